The number of amides is 2. The van der Waals surface area contributed by atoms with Gasteiger partial charge in [-0.15, -0.1) is 0 Å². The van der Waals surface area contributed by atoms with Crippen molar-refractivity contribution in [1.82, 2.24) is 10.2 Å². The third kappa shape index (κ3) is 9.37. The van der Waals surface area contributed by atoms with Crippen molar-refractivity contribution in [1.29, 1.82) is 0 Å². The van der Waals surface area contributed by atoms with E-state index in [1.165, 1.54) is 4.90 Å². The number of hydrogen-bond acceptors (Lipinski definition) is 5. The summed E-state index contributed by atoms with van der Waals surface area (Å²) in [5.74, 6) is 1.30. The van der Waals surface area contributed by atoms with Crippen molar-refractivity contribution in [3.05, 3.63) is 58.7 Å². The average molecular weight is 717 g/mol. The molecule has 2 aromatic carbocycles. The molecule has 1 unspecified atom stereocenters. The van der Waals surface area contributed by atoms with Gasteiger partial charge in [-0.25, -0.2) is 4.79 Å². The topological polar surface area (TPSA) is 80.3 Å². The third-order valence-electron chi connectivity index (χ3n) is 9.53. The molecule has 13 heteroatoms. The number of halogens is 6. The number of aliphatic hydroxyl groups is 1. The van der Waals surface area contributed by atoms with Crippen LogP contribution in [0.15, 0.2) is 36.4 Å². The lowest BCUT2D eigenvalue weighted by Gasteiger charge is -2.40. The van der Waals surface area contributed by atoms with Crippen LogP contribution < -0.4 is 14.8 Å². The molecule has 0 aromatic heterocycles. The molecule has 2 N–H and O–H groups in total. The fourth-order valence-electron chi connectivity index (χ4n) is 6.72. The molecule has 2 fully saturated rings. The number of nitrogens with zero attached hydrogens (tertiary/aromatic N) is 1. The highest BCUT2D eigenvalue weighted by Crippen LogP contribution is 2.51. The summed E-state index contributed by atoms with van der Waals surface area (Å²) in [6.45, 7) is 7.91. The number of hydrogen-bond donors (Lipinski definition) is 2. The van der Waals surface area contributed by atoms with Gasteiger partial charge in [0.25, 0.3) is 5.60 Å². The van der Waals surface area contributed by atoms with Gasteiger partial charge in [0.2, 0.25) is 0 Å². The smallest absolute Gasteiger partial charge is 0.430 e. The average Bonchev–Trinajstić information content (AvgIpc) is 3.04. The predicted molar refractivity (Wildman–Crippen MR) is 177 cm³/mol. The zero-order chi connectivity index (χ0) is 36.7. The SMILES string of the molecule is CCCc1cc(C(O)(C(F)(F)F)C(F)(F)F)cc(CCC2CCCCC2)c1OCCCCN1COC(C)(c2ccc(OC(C)C)cc2)NC1=O. The minimum absolute atomic E-state index is 0.0244. The number of aryl methyl sites for hydroxylation is 2. The number of unbranched alkanes of at least 4 members (excludes halogenated alkanes) is 1. The van der Waals surface area contributed by atoms with Crippen molar-refractivity contribution in [2.75, 3.05) is 19.9 Å². The van der Waals surface area contributed by atoms with E-state index in [1.807, 2.05) is 38.1 Å². The lowest BCUT2D eigenvalue weighted by Crippen LogP contribution is -2.58. The molecule has 1 saturated carbocycles. The number of benzene rings is 2. The number of urea groups is 1. The van der Waals surface area contributed by atoms with Crippen molar-refractivity contribution in [2.45, 2.75) is 128 Å². The number of carbonyl (C=O) groups excluding carboxylic acids is 1. The molecule has 4 rings (SSSR count). The van der Waals surface area contributed by atoms with Crippen LogP contribution in [0.3, 0.4) is 0 Å². The van der Waals surface area contributed by atoms with Gasteiger partial charge in [-0.3, -0.25) is 0 Å². The number of carbonyl (C=O) groups is 1. The Hall–Kier alpha value is -3.19. The Balaban J connectivity index is 1.43. The molecule has 2 aliphatic rings. The molecule has 2 amide bonds. The van der Waals surface area contributed by atoms with Gasteiger partial charge in [0.1, 0.15) is 18.2 Å². The van der Waals surface area contributed by atoms with Crippen LogP contribution in [0.5, 0.6) is 11.5 Å². The fraction of sp³-hybridized carbons (Fsp3) is 0.649. The normalized spacial score (nSPS) is 19.5. The van der Waals surface area contributed by atoms with Crippen molar-refractivity contribution in [3.8, 4) is 11.5 Å². The minimum atomic E-state index is -5.98. The first-order valence-electron chi connectivity index (χ1n) is 17.6. The second-order valence-electron chi connectivity index (χ2n) is 13.9. The predicted octanol–water partition coefficient (Wildman–Crippen LogP) is 9.28. The summed E-state index contributed by atoms with van der Waals surface area (Å²) in [5.41, 5.74) is -6.10. The molecule has 0 radical (unpaired) electrons. The Morgan fingerprint density at radius 1 is 0.980 bits per heavy atom. The number of rotatable bonds is 15. The highest BCUT2D eigenvalue weighted by atomic mass is 19.4. The van der Waals surface area contributed by atoms with Gasteiger partial charge < -0.3 is 29.5 Å². The van der Waals surface area contributed by atoms with Gasteiger partial charge in [0.05, 0.1) is 12.7 Å². The Kier molecular flexibility index (Phi) is 13.0. The van der Waals surface area contributed by atoms with Crippen LogP contribution in [0.4, 0.5) is 31.1 Å². The first-order chi connectivity index (χ1) is 23.5. The second-order valence-corrected chi connectivity index (χ2v) is 13.9. The zero-order valence-electron chi connectivity index (χ0n) is 29.3. The van der Waals surface area contributed by atoms with Crippen LogP contribution in [-0.2, 0) is 28.9 Å². The van der Waals surface area contributed by atoms with E-state index in [-0.39, 0.29) is 55.2 Å². The summed E-state index contributed by atoms with van der Waals surface area (Å²) in [7, 11) is 0. The van der Waals surface area contributed by atoms with E-state index >= 15 is 0 Å². The van der Waals surface area contributed by atoms with Crippen molar-refractivity contribution in [3.63, 3.8) is 0 Å². The molecule has 1 aliphatic carbocycles. The van der Waals surface area contributed by atoms with Crippen LogP contribution in [0.1, 0.15) is 108 Å². The number of ether oxygens (including phenoxy) is 3. The van der Waals surface area contributed by atoms with Crippen LogP contribution in [0.2, 0.25) is 0 Å². The summed E-state index contributed by atoms with van der Waals surface area (Å²) in [6.07, 6.45) is -4.42. The van der Waals surface area contributed by atoms with Crippen molar-refractivity contribution < 1.29 is 50.5 Å². The maximum Gasteiger partial charge on any atom is 0.430 e. The maximum absolute atomic E-state index is 13.9. The second kappa shape index (κ2) is 16.4. The molecule has 2 aromatic rings. The Bertz CT molecular complexity index is 1390. The molecule has 1 atom stereocenters. The summed E-state index contributed by atoms with van der Waals surface area (Å²) in [4.78, 5) is 14.5. The van der Waals surface area contributed by atoms with Gasteiger partial charge in [0.15, 0.2) is 5.72 Å². The van der Waals surface area contributed by atoms with E-state index in [1.54, 1.807) is 13.8 Å². The standard InChI is InChI=1S/C37H50F6N2O5/c1-5-11-27-22-30(35(47,36(38,39)40)37(41,42)43)23-28(15-14-26-12-7-6-8-13-26)32(27)48-21-10-9-20-45-24-49-34(4,44-33(45)46)29-16-18-31(19-17-29)50-25(2)3/h16-19,22-23,25-26,47H,5-15,20-21,24H2,1-4H3,(H,44,46). The molecular weight excluding hydrogens is 666 g/mol. The summed E-state index contributed by atoms with van der Waals surface area (Å²) in [6, 6.07) is 8.61. The Morgan fingerprint density at radius 3 is 2.16 bits per heavy atom. The summed E-state index contributed by atoms with van der Waals surface area (Å²) in [5, 5.41) is 13.2. The van der Waals surface area contributed by atoms with E-state index < -0.39 is 29.2 Å². The third-order valence-corrected chi connectivity index (χ3v) is 9.53. The van der Waals surface area contributed by atoms with Gasteiger partial charge in [-0.2, -0.15) is 26.3 Å². The van der Waals surface area contributed by atoms with Crippen LogP contribution in [-0.4, -0.2) is 54.4 Å². The maximum atomic E-state index is 13.9. The van der Waals surface area contributed by atoms with E-state index in [0.717, 1.165) is 49.8 Å². The lowest BCUT2D eigenvalue weighted by atomic mass is 9.83. The van der Waals surface area contributed by atoms with E-state index in [4.69, 9.17) is 14.2 Å². The monoisotopic (exact) mass is 716 g/mol. The van der Waals surface area contributed by atoms with E-state index in [0.29, 0.717) is 43.9 Å². The Morgan fingerprint density at radius 2 is 1.60 bits per heavy atom. The van der Waals surface area contributed by atoms with Crippen molar-refractivity contribution >= 4 is 6.03 Å². The van der Waals surface area contributed by atoms with Crippen molar-refractivity contribution in [2.24, 2.45) is 5.92 Å². The molecular formula is C37H50F6N2O5. The molecule has 1 heterocycles. The highest BCUT2D eigenvalue weighted by Gasteiger charge is 2.71. The molecule has 280 valence electrons. The van der Waals surface area contributed by atoms with Crippen LogP contribution in [0, 0.1) is 5.92 Å². The van der Waals surface area contributed by atoms with Gasteiger partial charge in [-0.1, -0.05) is 57.6 Å². The first-order valence-corrected chi connectivity index (χ1v) is 17.6. The van der Waals surface area contributed by atoms with E-state index in [9.17, 15) is 36.2 Å². The summed E-state index contributed by atoms with van der Waals surface area (Å²) < 4.78 is 101. The van der Waals surface area contributed by atoms with Gasteiger partial charge in [-0.05, 0) is 94.2 Å². The molecule has 50 heavy (non-hydrogen) atoms. The van der Waals surface area contributed by atoms with Crippen LogP contribution >= 0.6 is 0 Å². The first kappa shape index (κ1) is 39.6. The number of nitrogens with one attached hydrogen (secondary N) is 1. The minimum Gasteiger partial charge on any atom is -0.493 e. The van der Waals surface area contributed by atoms with Gasteiger partial charge in [0, 0.05) is 17.7 Å². The highest BCUT2D eigenvalue weighted by molar-refractivity contribution is 5.75. The molecule has 1 aliphatic heterocycles. The molecule has 0 spiro atoms. The van der Waals surface area contributed by atoms with Gasteiger partial charge >= 0.3 is 18.4 Å². The molecule has 7 nitrogen and oxygen atoms in total. The fourth-order valence-corrected chi connectivity index (χ4v) is 6.72. The van der Waals surface area contributed by atoms with Crippen LogP contribution in [0.25, 0.3) is 0 Å². The summed E-state index contributed by atoms with van der Waals surface area (Å²) >= 11 is 0. The zero-order valence-corrected chi connectivity index (χ0v) is 29.3. The van der Waals surface area contributed by atoms with E-state index in [2.05, 4.69) is 5.32 Å². The number of alkyl halides is 6. The quantitative estimate of drug-likeness (QED) is 0.142. The largest absolute Gasteiger partial charge is 0.493 e. The lowest BCUT2D eigenvalue weighted by molar-refractivity contribution is -0.376. The molecule has 1 saturated heterocycles. The Labute approximate surface area is 290 Å². The molecule has 0 bridgehead atoms.